The summed E-state index contributed by atoms with van der Waals surface area (Å²) in [4.78, 5) is 21.9. The summed E-state index contributed by atoms with van der Waals surface area (Å²) < 4.78 is 1.28. The Morgan fingerprint density at radius 2 is 1.85 bits per heavy atom. The molecule has 0 atom stereocenters. The van der Waals surface area contributed by atoms with Crippen LogP contribution in [0.5, 0.6) is 0 Å². The molecule has 4 heteroatoms. The van der Waals surface area contributed by atoms with Crippen LogP contribution in [0.25, 0.3) is 0 Å². The van der Waals surface area contributed by atoms with Gasteiger partial charge < -0.3 is 0 Å². The van der Waals surface area contributed by atoms with Crippen LogP contribution < -0.4 is 0 Å². The van der Waals surface area contributed by atoms with Crippen LogP contribution in [-0.4, -0.2) is 12.1 Å². The van der Waals surface area contributed by atoms with Crippen molar-refractivity contribution in [2.75, 3.05) is 0 Å². The summed E-state index contributed by atoms with van der Waals surface area (Å²) in [5.41, 5.74) is 0.811. The van der Waals surface area contributed by atoms with Gasteiger partial charge in [-0.05, 0) is 19.1 Å². The molecule has 0 aliphatic rings. The summed E-state index contributed by atoms with van der Waals surface area (Å²) in [6.45, 7) is 1.43. The molecule has 1 aromatic carbocycles. The predicted octanol–water partition coefficient (Wildman–Crippen LogP) is 3.23. The molecule has 0 N–H and O–H groups in total. The fourth-order valence-corrected chi connectivity index (χ4v) is 2.09. The van der Waals surface area contributed by atoms with E-state index >= 15 is 0 Å². The number of carbonyl (C=O) groups is 2. The maximum absolute atomic E-state index is 11.2. The van der Waals surface area contributed by atoms with Gasteiger partial charge in [-0.25, -0.2) is 0 Å². The van der Waals surface area contributed by atoms with Gasteiger partial charge in [-0.3, -0.25) is 9.59 Å². The van der Waals surface area contributed by atoms with E-state index in [1.165, 1.54) is 6.92 Å². The number of hydrogen-bond acceptors (Lipinski definition) is 2. The lowest BCUT2D eigenvalue weighted by Gasteiger charge is -2.05. The molecule has 0 bridgehead atoms. The number of ketones is 1. The van der Waals surface area contributed by atoms with E-state index in [1.807, 2.05) is 0 Å². The number of halogens is 2. The molecule has 0 radical (unpaired) electrons. The normalized spacial score (nSPS) is 9.77. The molecule has 0 aromatic heterocycles. The summed E-state index contributed by atoms with van der Waals surface area (Å²) >= 11 is 6.43. The van der Waals surface area contributed by atoms with Crippen LogP contribution in [0.15, 0.2) is 21.1 Å². The zero-order valence-electron chi connectivity index (χ0n) is 6.80. The second kappa shape index (κ2) is 4.15. The van der Waals surface area contributed by atoms with Gasteiger partial charge in [0.05, 0.1) is 0 Å². The summed E-state index contributed by atoms with van der Waals surface area (Å²) in [5.74, 6) is -0.129. The van der Waals surface area contributed by atoms with Crippen molar-refractivity contribution < 1.29 is 9.59 Å². The maximum atomic E-state index is 11.2. The third kappa shape index (κ3) is 2.06. The van der Waals surface area contributed by atoms with E-state index in [9.17, 15) is 9.59 Å². The molecule has 0 fully saturated rings. The summed E-state index contributed by atoms with van der Waals surface area (Å²) in [5, 5.41) is 0. The molecule has 0 saturated carbocycles. The van der Waals surface area contributed by atoms with Crippen molar-refractivity contribution in [3.63, 3.8) is 0 Å². The first-order valence-electron chi connectivity index (χ1n) is 3.52. The van der Waals surface area contributed by atoms with Gasteiger partial charge in [0.1, 0.15) is 0 Å². The number of hydrogen-bond donors (Lipinski definition) is 0. The SMILES string of the molecule is CC(=O)c1c(Br)ccc(Br)c1C=O. The molecule has 0 heterocycles. The Morgan fingerprint density at radius 3 is 2.23 bits per heavy atom. The first-order chi connectivity index (χ1) is 6.07. The van der Waals surface area contributed by atoms with Crippen LogP contribution in [0.4, 0.5) is 0 Å². The molecular formula is C9H6Br2O2. The quantitative estimate of drug-likeness (QED) is 0.621. The Bertz CT molecular complexity index is 372. The molecule has 68 valence electrons. The third-order valence-corrected chi connectivity index (χ3v) is 2.96. The minimum absolute atomic E-state index is 0.129. The highest BCUT2D eigenvalue weighted by Crippen LogP contribution is 2.26. The largest absolute Gasteiger partial charge is 0.298 e. The van der Waals surface area contributed by atoms with Crippen molar-refractivity contribution in [3.05, 3.63) is 32.2 Å². The topological polar surface area (TPSA) is 34.1 Å². The standard InChI is InChI=1S/C9H6Br2O2/c1-5(13)9-6(4-12)7(10)2-3-8(9)11/h2-4H,1H3. The van der Waals surface area contributed by atoms with Crippen molar-refractivity contribution in [2.24, 2.45) is 0 Å². The van der Waals surface area contributed by atoms with Gasteiger partial charge in [-0.2, -0.15) is 0 Å². The Balaban J connectivity index is 3.52. The van der Waals surface area contributed by atoms with Crippen LogP contribution >= 0.6 is 31.9 Å². The van der Waals surface area contributed by atoms with Crippen LogP contribution in [-0.2, 0) is 0 Å². The molecule has 13 heavy (non-hydrogen) atoms. The number of aldehydes is 1. The molecule has 0 aliphatic heterocycles. The first kappa shape index (κ1) is 10.6. The average molecular weight is 306 g/mol. The molecule has 1 rings (SSSR count). The molecule has 1 aromatic rings. The molecule has 2 nitrogen and oxygen atoms in total. The Morgan fingerprint density at radius 1 is 1.31 bits per heavy atom. The molecule has 0 saturated heterocycles. The minimum atomic E-state index is -0.129. The fraction of sp³-hybridized carbons (Fsp3) is 0.111. The first-order valence-corrected chi connectivity index (χ1v) is 5.10. The average Bonchev–Trinajstić information content (AvgIpc) is 2.07. The highest BCUT2D eigenvalue weighted by molar-refractivity contribution is 9.11. The Kier molecular flexibility index (Phi) is 3.39. The van der Waals surface area contributed by atoms with Crippen LogP contribution in [0.1, 0.15) is 27.6 Å². The second-order valence-electron chi connectivity index (χ2n) is 2.49. The number of rotatable bonds is 2. The van der Waals surface area contributed by atoms with Crippen molar-refractivity contribution in [1.29, 1.82) is 0 Å². The molecule has 0 aliphatic carbocycles. The van der Waals surface area contributed by atoms with Gasteiger partial charge >= 0.3 is 0 Å². The van der Waals surface area contributed by atoms with E-state index < -0.39 is 0 Å². The van der Waals surface area contributed by atoms with E-state index in [1.54, 1.807) is 12.1 Å². The van der Waals surface area contributed by atoms with Crippen molar-refractivity contribution in [2.45, 2.75) is 6.92 Å². The fourth-order valence-electron chi connectivity index (χ4n) is 1.04. The van der Waals surface area contributed by atoms with E-state index in [4.69, 9.17) is 0 Å². The lowest BCUT2D eigenvalue weighted by molar-refractivity contribution is 0.100. The monoisotopic (exact) mass is 304 g/mol. The molecule has 0 amide bonds. The smallest absolute Gasteiger partial charge is 0.161 e. The van der Waals surface area contributed by atoms with Gasteiger partial charge in [0, 0.05) is 20.1 Å². The predicted molar refractivity (Wildman–Crippen MR) is 57.2 cm³/mol. The van der Waals surface area contributed by atoms with Gasteiger partial charge in [-0.15, -0.1) is 0 Å². The van der Waals surface area contributed by atoms with Crippen LogP contribution in [0.2, 0.25) is 0 Å². The summed E-state index contributed by atoms with van der Waals surface area (Å²) in [6.07, 6.45) is 0.672. The number of benzene rings is 1. The van der Waals surface area contributed by atoms with Crippen molar-refractivity contribution >= 4 is 43.9 Å². The Hall–Kier alpha value is -0.480. The summed E-state index contributed by atoms with van der Waals surface area (Å²) in [7, 11) is 0. The third-order valence-electron chi connectivity index (χ3n) is 1.61. The van der Waals surface area contributed by atoms with Gasteiger partial charge in [0.15, 0.2) is 12.1 Å². The van der Waals surface area contributed by atoms with Crippen LogP contribution in [0, 0.1) is 0 Å². The van der Waals surface area contributed by atoms with Gasteiger partial charge in [-0.1, -0.05) is 31.9 Å². The lowest BCUT2D eigenvalue weighted by Crippen LogP contribution is -2.00. The number of Topliss-reactive ketones (excluding diaryl/α,β-unsaturated/α-hetero) is 1. The van der Waals surface area contributed by atoms with E-state index in [0.717, 1.165) is 0 Å². The molecular weight excluding hydrogens is 300 g/mol. The van der Waals surface area contributed by atoms with Crippen molar-refractivity contribution in [3.8, 4) is 0 Å². The van der Waals surface area contributed by atoms with Crippen LogP contribution in [0.3, 0.4) is 0 Å². The zero-order chi connectivity index (χ0) is 10.0. The van der Waals surface area contributed by atoms with Crippen molar-refractivity contribution in [1.82, 2.24) is 0 Å². The highest BCUT2D eigenvalue weighted by atomic mass is 79.9. The van der Waals surface area contributed by atoms with Gasteiger partial charge in [0.2, 0.25) is 0 Å². The van der Waals surface area contributed by atoms with E-state index in [-0.39, 0.29) is 5.78 Å². The highest BCUT2D eigenvalue weighted by Gasteiger charge is 2.13. The molecule has 0 unspecified atom stereocenters. The van der Waals surface area contributed by atoms with E-state index in [0.29, 0.717) is 26.4 Å². The van der Waals surface area contributed by atoms with Gasteiger partial charge in [0.25, 0.3) is 0 Å². The summed E-state index contributed by atoms with van der Waals surface area (Å²) in [6, 6.07) is 3.45. The minimum Gasteiger partial charge on any atom is -0.298 e. The zero-order valence-corrected chi connectivity index (χ0v) is 9.98. The molecule has 0 spiro atoms. The maximum Gasteiger partial charge on any atom is 0.161 e. The van der Waals surface area contributed by atoms with E-state index in [2.05, 4.69) is 31.9 Å². The lowest BCUT2D eigenvalue weighted by atomic mass is 10.1. The number of carbonyl (C=O) groups excluding carboxylic acids is 2. The Labute approximate surface area is 92.6 Å². The second-order valence-corrected chi connectivity index (χ2v) is 4.20.